The van der Waals surface area contributed by atoms with Crippen molar-refractivity contribution in [3.63, 3.8) is 0 Å². The molecule has 0 radical (unpaired) electrons. The molecule has 0 bridgehead atoms. The molecule has 0 N–H and O–H groups in total. The quantitative estimate of drug-likeness (QED) is 0.626. The molecule has 24 heavy (non-hydrogen) atoms. The summed E-state index contributed by atoms with van der Waals surface area (Å²) < 4.78 is 5.33. The van der Waals surface area contributed by atoms with Crippen LogP contribution in [0.5, 0.6) is 0 Å². The van der Waals surface area contributed by atoms with Gasteiger partial charge >= 0.3 is 5.97 Å². The molecule has 0 fully saturated rings. The third kappa shape index (κ3) is 3.20. The van der Waals surface area contributed by atoms with Crippen molar-refractivity contribution in [3.8, 4) is 0 Å². The molecule has 0 saturated carbocycles. The highest BCUT2D eigenvalue weighted by molar-refractivity contribution is 6.21. The first-order chi connectivity index (χ1) is 11.6. The lowest BCUT2D eigenvalue weighted by Crippen LogP contribution is -2.39. The minimum Gasteiger partial charge on any atom is -0.460 e. The van der Waals surface area contributed by atoms with Crippen LogP contribution in [-0.2, 0) is 16.0 Å². The molecule has 5 heteroatoms. The normalized spacial score (nSPS) is 14.5. The van der Waals surface area contributed by atoms with E-state index in [1.807, 2.05) is 30.3 Å². The van der Waals surface area contributed by atoms with Gasteiger partial charge in [-0.3, -0.25) is 19.3 Å². The molecule has 5 nitrogen and oxygen atoms in total. The first-order valence-electron chi connectivity index (χ1n) is 7.72. The molecule has 2 aromatic carbocycles. The van der Waals surface area contributed by atoms with E-state index in [9.17, 15) is 14.4 Å². The molecule has 1 aliphatic rings. The molecule has 1 unspecified atom stereocenters. The van der Waals surface area contributed by atoms with E-state index in [0.717, 1.165) is 10.5 Å². The van der Waals surface area contributed by atoms with E-state index in [4.69, 9.17) is 4.74 Å². The van der Waals surface area contributed by atoms with Gasteiger partial charge in [-0.2, -0.15) is 0 Å². The zero-order chi connectivity index (χ0) is 17.1. The highest BCUT2D eigenvalue weighted by Gasteiger charge is 2.36. The van der Waals surface area contributed by atoms with Crippen molar-refractivity contribution in [2.75, 3.05) is 6.54 Å². The van der Waals surface area contributed by atoms with Crippen molar-refractivity contribution in [2.45, 2.75) is 19.4 Å². The van der Waals surface area contributed by atoms with E-state index in [2.05, 4.69) is 0 Å². The summed E-state index contributed by atoms with van der Waals surface area (Å²) >= 11 is 0. The molecule has 1 heterocycles. The number of ether oxygens (including phenoxy) is 1. The van der Waals surface area contributed by atoms with Crippen LogP contribution in [0.25, 0.3) is 0 Å². The predicted molar refractivity (Wildman–Crippen MR) is 87.5 cm³/mol. The van der Waals surface area contributed by atoms with E-state index in [1.54, 1.807) is 24.3 Å². The molecule has 2 aromatic rings. The zero-order valence-electron chi connectivity index (χ0n) is 13.3. The van der Waals surface area contributed by atoms with Crippen LogP contribution in [0.3, 0.4) is 0 Å². The Labute approximate surface area is 139 Å². The highest BCUT2D eigenvalue weighted by atomic mass is 16.5. The van der Waals surface area contributed by atoms with Gasteiger partial charge in [0, 0.05) is 13.3 Å². The van der Waals surface area contributed by atoms with E-state index in [1.165, 1.54) is 6.92 Å². The van der Waals surface area contributed by atoms with Gasteiger partial charge < -0.3 is 4.74 Å². The second-order valence-corrected chi connectivity index (χ2v) is 5.69. The van der Waals surface area contributed by atoms with Crippen molar-refractivity contribution in [1.82, 2.24) is 4.90 Å². The van der Waals surface area contributed by atoms with Gasteiger partial charge in [0.2, 0.25) is 0 Å². The van der Waals surface area contributed by atoms with Gasteiger partial charge in [-0.15, -0.1) is 0 Å². The number of carbonyl (C=O) groups excluding carboxylic acids is 3. The fourth-order valence-electron chi connectivity index (χ4n) is 2.86. The van der Waals surface area contributed by atoms with Crippen LogP contribution < -0.4 is 0 Å². The van der Waals surface area contributed by atoms with Crippen LogP contribution in [0.1, 0.15) is 33.2 Å². The van der Waals surface area contributed by atoms with Gasteiger partial charge in [0.25, 0.3) is 11.8 Å². The Hall–Kier alpha value is -2.95. The number of benzene rings is 2. The predicted octanol–water partition coefficient (Wildman–Crippen LogP) is 2.46. The van der Waals surface area contributed by atoms with Gasteiger partial charge in [0.05, 0.1) is 17.7 Å². The summed E-state index contributed by atoms with van der Waals surface area (Å²) in [6.07, 6.45) is -0.138. The molecule has 3 rings (SSSR count). The molecule has 0 saturated heterocycles. The molecule has 122 valence electrons. The molecular weight excluding hydrogens is 306 g/mol. The Morgan fingerprint density at radius 3 is 2.04 bits per heavy atom. The van der Waals surface area contributed by atoms with Crippen molar-refractivity contribution in [3.05, 3.63) is 71.3 Å². The Morgan fingerprint density at radius 1 is 0.958 bits per heavy atom. The highest BCUT2D eigenvalue weighted by Crippen LogP contribution is 2.23. The number of esters is 1. The van der Waals surface area contributed by atoms with Crippen molar-refractivity contribution < 1.29 is 19.1 Å². The Bertz CT molecular complexity index is 750. The fraction of sp³-hybridized carbons (Fsp3) is 0.211. The number of rotatable bonds is 5. The SMILES string of the molecule is CC(=O)OC(Cc1ccccc1)CN1C(=O)c2ccccc2C1=O. The Morgan fingerprint density at radius 2 is 1.50 bits per heavy atom. The van der Waals surface area contributed by atoms with E-state index in [0.29, 0.717) is 17.5 Å². The zero-order valence-corrected chi connectivity index (χ0v) is 13.3. The number of hydrogen-bond donors (Lipinski definition) is 0. The number of hydrogen-bond acceptors (Lipinski definition) is 4. The summed E-state index contributed by atoms with van der Waals surface area (Å²) in [7, 11) is 0. The molecule has 0 aliphatic carbocycles. The van der Waals surface area contributed by atoms with Gasteiger partial charge in [0.1, 0.15) is 6.10 Å². The van der Waals surface area contributed by atoms with E-state index >= 15 is 0 Å². The smallest absolute Gasteiger partial charge is 0.302 e. The fourth-order valence-corrected chi connectivity index (χ4v) is 2.86. The summed E-state index contributed by atoms with van der Waals surface area (Å²) in [4.78, 5) is 37.4. The van der Waals surface area contributed by atoms with Crippen LogP contribution in [0, 0.1) is 0 Å². The Kier molecular flexibility index (Phi) is 4.42. The maximum atomic E-state index is 12.4. The minimum atomic E-state index is -0.577. The summed E-state index contributed by atoms with van der Waals surface area (Å²) in [5, 5.41) is 0. The lowest BCUT2D eigenvalue weighted by molar-refractivity contribution is -0.146. The van der Waals surface area contributed by atoms with Crippen molar-refractivity contribution >= 4 is 17.8 Å². The average Bonchev–Trinajstić information content (AvgIpc) is 2.81. The average molecular weight is 323 g/mol. The van der Waals surface area contributed by atoms with Gasteiger partial charge in [0.15, 0.2) is 0 Å². The second kappa shape index (κ2) is 6.66. The molecule has 1 aliphatic heterocycles. The molecule has 2 amide bonds. The van der Waals surface area contributed by atoms with Crippen LogP contribution >= 0.6 is 0 Å². The summed E-state index contributed by atoms with van der Waals surface area (Å²) in [6, 6.07) is 16.2. The summed E-state index contributed by atoms with van der Waals surface area (Å²) in [5.74, 6) is -1.13. The first kappa shape index (κ1) is 15.9. The van der Waals surface area contributed by atoms with Crippen LogP contribution in [0.15, 0.2) is 54.6 Å². The summed E-state index contributed by atoms with van der Waals surface area (Å²) in [5.41, 5.74) is 1.76. The number of fused-ring (bicyclic) bond motifs is 1. The van der Waals surface area contributed by atoms with Gasteiger partial charge in [-0.05, 0) is 17.7 Å². The maximum absolute atomic E-state index is 12.4. The van der Waals surface area contributed by atoms with Crippen LogP contribution in [0.2, 0.25) is 0 Å². The number of carbonyl (C=O) groups is 3. The number of nitrogens with zero attached hydrogens (tertiary/aromatic N) is 1. The number of imide groups is 1. The first-order valence-corrected chi connectivity index (χ1v) is 7.72. The van der Waals surface area contributed by atoms with Gasteiger partial charge in [-0.25, -0.2) is 0 Å². The molecule has 1 atom stereocenters. The molecular formula is C19H17NO4. The largest absolute Gasteiger partial charge is 0.460 e. The minimum absolute atomic E-state index is 0.0425. The lowest BCUT2D eigenvalue weighted by Gasteiger charge is -2.22. The van der Waals surface area contributed by atoms with E-state index in [-0.39, 0.29) is 18.4 Å². The number of amides is 2. The van der Waals surface area contributed by atoms with E-state index < -0.39 is 12.1 Å². The van der Waals surface area contributed by atoms with Crippen LogP contribution in [-0.4, -0.2) is 35.3 Å². The molecule has 0 aromatic heterocycles. The lowest BCUT2D eigenvalue weighted by atomic mass is 10.1. The van der Waals surface area contributed by atoms with Gasteiger partial charge in [-0.1, -0.05) is 42.5 Å². The third-order valence-electron chi connectivity index (χ3n) is 3.90. The van der Waals surface area contributed by atoms with Crippen molar-refractivity contribution in [1.29, 1.82) is 0 Å². The topological polar surface area (TPSA) is 63.7 Å². The van der Waals surface area contributed by atoms with Crippen molar-refractivity contribution in [2.24, 2.45) is 0 Å². The Balaban J connectivity index is 1.79. The summed E-state index contributed by atoms with van der Waals surface area (Å²) in [6.45, 7) is 1.36. The molecule has 0 spiro atoms. The monoisotopic (exact) mass is 323 g/mol. The second-order valence-electron chi connectivity index (χ2n) is 5.69. The van der Waals surface area contributed by atoms with Crippen LogP contribution in [0.4, 0.5) is 0 Å². The maximum Gasteiger partial charge on any atom is 0.302 e. The third-order valence-corrected chi connectivity index (χ3v) is 3.90. The standard InChI is InChI=1S/C19H17NO4/c1-13(21)24-15(11-14-7-3-2-4-8-14)12-20-18(22)16-9-5-6-10-17(16)19(20)23/h2-10,15H,11-12H2,1H3.